The standard InChI is InChI=1S/C12H21N3O3/c1-12(2,3)18-11(17)15-6-5-9-8(7-15)13-10(16)14(9)4/h8-9H,5-7H2,1-4H3,(H,13,16)/t8-,9+/m0/s1. The van der Waals surface area contributed by atoms with E-state index in [9.17, 15) is 9.59 Å². The second kappa shape index (κ2) is 4.33. The minimum atomic E-state index is -0.482. The van der Waals surface area contributed by atoms with Crippen molar-refractivity contribution in [3.63, 3.8) is 0 Å². The number of nitrogens with one attached hydrogen (secondary N) is 1. The molecule has 0 aliphatic carbocycles. The lowest BCUT2D eigenvalue weighted by Gasteiger charge is -2.36. The van der Waals surface area contributed by atoms with Crippen LogP contribution in [0.2, 0.25) is 0 Å². The lowest BCUT2D eigenvalue weighted by Crippen LogP contribution is -2.53. The molecule has 6 nitrogen and oxygen atoms in total. The lowest BCUT2D eigenvalue weighted by atomic mass is 10.0. The maximum absolute atomic E-state index is 11.9. The van der Waals surface area contributed by atoms with Gasteiger partial charge in [0, 0.05) is 20.1 Å². The van der Waals surface area contributed by atoms with Gasteiger partial charge in [-0.15, -0.1) is 0 Å². The van der Waals surface area contributed by atoms with E-state index in [1.807, 2.05) is 20.8 Å². The minimum Gasteiger partial charge on any atom is -0.444 e. The summed E-state index contributed by atoms with van der Waals surface area (Å²) in [7, 11) is 1.79. The molecule has 6 heteroatoms. The van der Waals surface area contributed by atoms with Gasteiger partial charge in [-0.05, 0) is 27.2 Å². The Kier molecular flexibility index (Phi) is 3.12. The number of fused-ring (bicyclic) bond motifs is 1. The molecule has 2 fully saturated rings. The molecule has 2 rings (SSSR count). The van der Waals surface area contributed by atoms with Crippen molar-refractivity contribution in [2.45, 2.75) is 44.9 Å². The molecule has 0 aromatic carbocycles. The summed E-state index contributed by atoms with van der Waals surface area (Å²) in [5.41, 5.74) is -0.482. The number of rotatable bonds is 0. The number of hydrogen-bond acceptors (Lipinski definition) is 3. The van der Waals surface area contributed by atoms with E-state index in [4.69, 9.17) is 4.74 Å². The zero-order chi connectivity index (χ0) is 13.5. The SMILES string of the molecule is CN1C(=O)N[C@H]2CN(C(=O)OC(C)(C)C)CC[C@H]21. The summed E-state index contributed by atoms with van der Waals surface area (Å²) >= 11 is 0. The maximum Gasteiger partial charge on any atom is 0.410 e. The molecule has 18 heavy (non-hydrogen) atoms. The first-order valence-corrected chi connectivity index (χ1v) is 6.29. The molecule has 102 valence electrons. The number of amides is 3. The van der Waals surface area contributed by atoms with Crippen molar-refractivity contribution in [3.05, 3.63) is 0 Å². The highest BCUT2D eigenvalue weighted by Crippen LogP contribution is 2.22. The molecule has 0 saturated carbocycles. The summed E-state index contributed by atoms with van der Waals surface area (Å²) in [6, 6.07) is 0.149. The fourth-order valence-corrected chi connectivity index (χ4v) is 2.45. The van der Waals surface area contributed by atoms with Crippen molar-refractivity contribution in [2.75, 3.05) is 20.1 Å². The molecule has 2 heterocycles. The number of carbonyl (C=O) groups excluding carboxylic acids is 2. The summed E-state index contributed by atoms with van der Waals surface area (Å²) in [5, 5.41) is 2.89. The monoisotopic (exact) mass is 255 g/mol. The Bertz CT molecular complexity index is 364. The number of hydrogen-bond donors (Lipinski definition) is 1. The Morgan fingerprint density at radius 2 is 2.11 bits per heavy atom. The fourth-order valence-electron chi connectivity index (χ4n) is 2.45. The third-order valence-electron chi connectivity index (χ3n) is 3.35. The van der Waals surface area contributed by atoms with Crippen LogP contribution in [0.25, 0.3) is 0 Å². The average molecular weight is 255 g/mol. The first kappa shape index (κ1) is 13.0. The summed E-state index contributed by atoms with van der Waals surface area (Å²) < 4.78 is 5.34. The molecule has 0 aromatic rings. The first-order chi connectivity index (χ1) is 8.28. The van der Waals surface area contributed by atoms with Gasteiger partial charge in [-0.25, -0.2) is 9.59 Å². The van der Waals surface area contributed by atoms with E-state index < -0.39 is 5.60 Å². The van der Waals surface area contributed by atoms with E-state index in [0.717, 1.165) is 6.42 Å². The Balaban J connectivity index is 1.96. The lowest BCUT2D eigenvalue weighted by molar-refractivity contribution is 0.0165. The van der Waals surface area contributed by atoms with Crippen molar-refractivity contribution in [1.82, 2.24) is 15.1 Å². The quantitative estimate of drug-likeness (QED) is 0.703. The van der Waals surface area contributed by atoms with Crippen LogP contribution in [0.1, 0.15) is 27.2 Å². The van der Waals surface area contributed by atoms with Gasteiger partial charge in [0.15, 0.2) is 0 Å². The van der Waals surface area contributed by atoms with E-state index >= 15 is 0 Å². The summed E-state index contributed by atoms with van der Waals surface area (Å²) in [4.78, 5) is 26.9. The Morgan fingerprint density at radius 3 is 2.72 bits per heavy atom. The Morgan fingerprint density at radius 1 is 1.44 bits per heavy atom. The number of likely N-dealkylation sites (tertiary alicyclic amines) is 1. The zero-order valence-corrected chi connectivity index (χ0v) is 11.4. The number of ether oxygens (including phenoxy) is 1. The molecule has 3 amide bonds. The normalized spacial score (nSPS) is 27.9. The average Bonchev–Trinajstić information content (AvgIpc) is 2.52. The van der Waals surface area contributed by atoms with Crippen LogP contribution in [0.15, 0.2) is 0 Å². The summed E-state index contributed by atoms with van der Waals surface area (Å²) in [6.07, 6.45) is 0.490. The van der Waals surface area contributed by atoms with Crippen LogP contribution in [-0.4, -0.2) is 59.7 Å². The highest BCUT2D eigenvalue weighted by atomic mass is 16.6. The number of nitrogens with zero attached hydrogens (tertiary/aromatic N) is 2. The van der Waals surface area contributed by atoms with Gasteiger partial charge in [-0.2, -0.15) is 0 Å². The van der Waals surface area contributed by atoms with Crippen molar-refractivity contribution in [1.29, 1.82) is 0 Å². The predicted molar refractivity (Wildman–Crippen MR) is 66.3 cm³/mol. The maximum atomic E-state index is 11.9. The Labute approximate surface area is 107 Å². The molecule has 2 atom stereocenters. The van der Waals surface area contributed by atoms with Crippen molar-refractivity contribution in [2.24, 2.45) is 0 Å². The van der Waals surface area contributed by atoms with E-state index in [-0.39, 0.29) is 24.2 Å². The highest BCUT2D eigenvalue weighted by Gasteiger charge is 2.42. The largest absolute Gasteiger partial charge is 0.444 e. The van der Waals surface area contributed by atoms with Crippen LogP contribution >= 0.6 is 0 Å². The van der Waals surface area contributed by atoms with E-state index in [2.05, 4.69) is 5.32 Å². The predicted octanol–water partition coefficient (Wildman–Crippen LogP) is 1.02. The topological polar surface area (TPSA) is 61.9 Å². The molecule has 0 unspecified atom stereocenters. The molecule has 1 N–H and O–H groups in total. The van der Waals surface area contributed by atoms with Crippen molar-refractivity contribution in [3.8, 4) is 0 Å². The molecule has 2 aliphatic rings. The Hall–Kier alpha value is -1.46. The zero-order valence-electron chi connectivity index (χ0n) is 11.4. The van der Waals surface area contributed by atoms with Gasteiger partial charge in [0.1, 0.15) is 5.60 Å². The van der Waals surface area contributed by atoms with Gasteiger partial charge < -0.3 is 19.9 Å². The number of piperidine rings is 1. The molecule has 0 radical (unpaired) electrons. The van der Waals surface area contributed by atoms with Crippen molar-refractivity contribution >= 4 is 12.1 Å². The molecule has 0 aromatic heterocycles. The third-order valence-corrected chi connectivity index (χ3v) is 3.35. The summed E-state index contributed by atoms with van der Waals surface area (Å²) in [6.45, 7) is 6.71. The number of urea groups is 1. The van der Waals surface area contributed by atoms with E-state index in [1.54, 1.807) is 16.8 Å². The molecular weight excluding hydrogens is 234 g/mol. The van der Waals surface area contributed by atoms with Crippen LogP contribution in [0.5, 0.6) is 0 Å². The van der Waals surface area contributed by atoms with E-state index in [1.165, 1.54) is 0 Å². The van der Waals surface area contributed by atoms with Gasteiger partial charge in [-0.1, -0.05) is 0 Å². The molecule has 0 bridgehead atoms. The van der Waals surface area contributed by atoms with Gasteiger partial charge in [0.05, 0.1) is 12.1 Å². The van der Waals surface area contributed by atoms with Gasteiger partial charge in [-0.3, -0.25) is 0 Å². The van der Waals surface area contributed by atoms with Crippen LogP contribution in [0.4, 0.5) is 9.59 Å². The number of likely N-dealkylation sites (N-methyl/N-ethyl adjacent to an activating group) is 1. The smallest absolute Gasteiger partial charge is 0.410 e. The highest BCUT2D eigenvalue weighted by molar-refractivity contribution is 5.78. The van der Waals surface area contributed by atoms with Crippen LogP contribution in [-0.2, 0) is 4.74 Å². The van der Waals surface area contributed by atoms with Crippen LogP contribution in [0, 0.1) is 0 Å². The third kappa shape index (κ3) is 2.52. The van der Waals surface area contributed by atoms with E-state index in [0.29, 0.717) is 13.1 Å². The number of carbonyl (C=O) groups is 2. The fraction of sp³-hybridized carbons (Fsp3) is 0.833. The molecule has 2 saturated heterocycles. The minimum absolute atomic E-state index is 0.0174. The van der Waals surface area contributed by atoms with Crippen molar-refractivity contribution < 1.29 is 14.3 Å². The van der Waals surface area contributed by atoms with Gasteiger partial charge in [0.25, 0.3) is 0 Å². The molecular formula is C12H21N3O3. The molecule has 0 spiro atoms. The second-order valence-corrected chi connectivity index (χ2v) is 5.95. The van der Waals surface area contributed by atoms with Crippen LogP contribution < -0.4 is 5.32 Å². The molecule has 2 aliphatic heterocycles. The first-order valence-electron chi connectivity index (χ1n) is 6.29. The summed E-state index contributed by atoms with van der Waals surface area (Å²) in [5.74, 6) is 0. The van der Waals surface area contributed by atoms with Gasteiger partial charge in [0.2, 0.25) is 0 Å². The van der Waals surface area contributed by atoms with Crippen LogP contribution in [0.3, 0.4) is 0 Å². The second-order valence-electron chi connectivity index (χ2n) is 5.95. The van der Waals surface area contributed by atoms with Gasteiger partial charge >= 0.3 is 12.1 Å².